The maximum Gasteiger partial charge on any atom is 0.118 e. The Morgan fingerprint density at radius 1 is 1.00 bits per heavy atom. The molecule has 0 atom stereocenters. The lowest BCUT2D eigenvalue weighted by Gasteiger charge is -2.16. The normalized spacial score (nSPS) is 14.5. The van der Waals surface area contributed by atoms with Gasteiger partial charge in [-0.25, -0.2) is 0 Å². The van der Waals surface area contributed by atoms with Gasteiger partial charge in [-0.3, -0.25) is 10.6 Å². The molecule has 0 amide bonds. The minimum atomic E-state index is 0.194. The Kier molecular flexibility index (Phi) is 13.3. The summed E-state index contributed by atoms with van der Waals surface area (Å²) >= 11 is 0. The van der Waals surface area contributed by atoms with Gasteiger partial charge in [-0.2, -0.15) is 0 Å². The summed E-state index contributed by atoms with van der Waals surface area (Å²) in [5.41, 5.74) is 1.45. The molecule has 0 saturated carbocycles. The topological polar surface area (TPSA) is 33.3 Å². The fraction of sp³-hybridized carbons (Fsp3) is 0.529. The lowest BCUT2D eigenvalue weighted by molar-refractivity contribution is 0.411. The molecular formula is C17H32N2O. The Hall–Kier alpha value is -1.32. The van der Waals surface area contributed by atoms with Gasteiger partial charge < -0.3 is 4.74 Å². The van der Waals surface area contributed by atoms with Gasteiger partial charge in [-0.1, -0.05) is 31.5 Å². The Morgan fingerprint density at radius 2 is 1.40 bits per heavy atom. The molecule has 2 rings (SSSR count). The maximum atomic E-state index is 4.97. The molecule has 0 bridgehead atoms. The zero-order valence-electron chi connectivity index (χ0n) is 14.0. The average Bonchev–Trinajstić information content (AvgIpc) is 2.89. The van der Waals surface area contributed by atoms with Crippen molar-refractivity contribution in [3.05, 3.63) is 43.0 Å². The van der Waals surface area contributed by atoms with Crippen molar-refractivity contribution in [1.82, 2.24) is 10.6 Å². The second kappa shape index (κ2) is 12.7. The number of aryl methyl sites for hydroxylation is 1. The molecule has 0 spiro atoms. The molecule has 116 valence electrons. The van der Waals surface area contributed by atoms with Crippen LogP contribution >= 0.6 is 0 Å². The zero-order chi connectivity index (χ0) is 16.0. The number of benzene rings is 1. The van der Waals surface area contributed by atoms with Gasteiger partial charge in [0.1, 0.15) is 5.75 Å². The summed E-state index contributed by atoms with van der Waals surface area (Å²) in [6.07, 6.45) is 0. The van der Waals surface area contributed by atoms with Crippen LogP contribution in [0.3, 0.4) is 0 Å². The van der Waals surface area contributed by atoms with E-state index in [1.807, 2.05) is 38.1 Å². The van der Waals surface area contributed by atoms with Crippen molar-refractivity contribution in [1.29, 1.82) is 0 Å². The van der Waals surface area contributed by atoms with Crippen LogP contribution < -0.4 is 15.4 Å². The summed E-state index contributed by atoms with van der Waals surface area (Å²) in [7, 11) is 1.67. The second-order valence-electron chi connectivity index (χ2n) is 4.50. The van der Waals surface area contributed by atoms with Crippen LogP contribution in [0.1, 0.15) is 33.3 Å². The molecule has 2 N–H and O–H groups in total. The molecule has 1 aromatic carbocycles. The van der Waals surface area contributed by atoms with Crippen LogP contribution in [0, 0.1) is 6.92 Å². The minimum absolute atomic E-state index is 0.194. The van der Waals surface area contributed by atoms with Crippen LogP contribution in [0.15, 0.2) is 37.4 Å². The summed E-state index contributed by atoms with van der Waals surface area (Å²) in [5, 5.41) is 6.57. The Morgan fingerprint density at radius 3 is 1.65 bits per heavy atom. The van der Waals surface area contributed by atoms with Crippen molar-refractivity contribution >= 4 is 0 Å². The monoisotopic (exact) mass is 280 g/mol. The molecule has 1 heterocycles. The molecule has 1 aromatic rings. The molecule has 0 aliphatic carbocycles. The van der Waals surface area contributed by atoms with Crippen molar-refractivity contribution in [3.8, 4) is 5.75 Å². The summed E-state index contributed by atoms with van der Waals surface area (Å²) in [6, 6.07) is 7.96. The fourth-order valence-corrected chi connectivity index (χ4v) is 1.49. The lowest BCUT2D eigenvalue weighted by atomic mass is 10.2. The first-order valence-electron chi connectivity index (χ1n) is 7.14. The third-order valence-electron chi connectivity index (χ3n) is 2.52. The highest BCUT2D eigenvalue weighted by atomic mass is 16.5. The predicted octanol–water partition coefficient (Wildman–Crippen LogP) is 3.75. The van der Waals surface area contributed by atoms with Crippen LogP contribution in [0.2, 0.25) is 0 Å². The molecule has 1 fully saturated rings. The molecule has 20 heavy (non-hydrogen) atoms. The van der Waals surface area contributed by atoms with Gasteiger partial charge in [0, 0.05) is 13.1 Å². The van der Waals surface area contributed by atoms with Crippen molar-refractivity contribution < 1.29 is 4.74 Å². The van der Waals surface area contributed by atoms with Crippen LogP contribution in [-0.2, 0) is 0 Å². The van der Waals surface area contributed by atoms with E-state index in [-0.39, 0.29) is 5.66 Å². The number of ether oxygens (including phenoxy) is 1. The van der Waals surface area contributed by atoms with E-state index in [0.717, 1.165) is 18.8 Å². The molecule has 1 aliphatic rings. The lowest BCUT2D eigenvalue weighted by Crippen LogP contribution is -2.42. The molecule has 3 nitrogen and oxygen atoms in total. The van der Waals surface area contributed by atoms with Gasteiger partial charge in [0.05, 0.1) is 12.8 Å². The summed E-state index contributed by atoms with van der Waals surface area (Å²) in [6.45, 7) is 18.5. The highest BCUT2D eigenvalue weighted by molar-refractivity contribution is 5.25. The maximum absolute atomic E-state index is 4.97. The number of rotatable bonds is 1. The van der Waals surface area contributed by atoms with Gasteiger partial charge in [0.25, 0.3) is 0 Å². The first kappa shape index (κ1) is 21.0. The van der Waals surface area contributed by atoms with E-state index in [0.29, 0.717) is 0 Å². The van der Waals surface area contributed by atoms with Crippen LogP contribution in [0.25, 0.3) is 0 Å². The van der Waals surface area contributed by atoms with Gasteiger partial charge in [0.2, 0.25) is 0 Å². The van der Waals surface area contributed by atoms with Gasteiger partial charge >= 0.3 is 0 Å². The number of hydrogen-bond donors (Lipinski definition) is 2. The van der Waals surface area contributed by atoms with Crippen molar-refractivity contribution in [3.63, 3.8) is 0 Å². The van der Waals surface area contributed by atoms with E-state index in [2.05, 4.69) is 44.6 Å². The van der Waals surface area contributed by atoms with Crippen LogP contribution in [0.4, 0.5) is 0 Å². The molecule has 1 saturated heterocycles. The van der Waals surface area contributed by atoms with Crippen LogP contribution in [-0.4, -0.2) is 25.9 Å². The third-order valence-corrected chi connectivity index (χ3v) is 2.52. The van der Waals surface area contributed by atoms with Gasteiger partial charge in [0.15, 0.2) is 0 Å². The van der Waals surface area contributed by atoms with E-state index in [9.17, 15) is 0 Å². The average molecular weight is 280 g/mol. The number of nitrogens with one attached hydrogen (secondary N) is 2. The Labute approximate surface area is 125 Å². The van der Waals surface area contributed by atoms with Crippen LogP contribution in [0.5, 0.6) is 5.75 Å². The standard InChI is InChI=1S/C8H10O.C5H12N2.C2H6.C2H4/c1-7-3-5-8(9-2)6-4-7;1-5(2)6-3-4-7-5;2*1-2/h3-6H,1-2H3;6-7H,3-4H2,1-2H3;1-2H3;1-2H2. The number of methoxy groups -OCH3 is 1. The van der Waals surface area contributed by atoms with E-state index in [1.54, 1.807) is 7.11 Å². The minimum Gasteiger partial charge on any atom is -0.497 e. The predicted molar refractivity (Wildman–Crippen MR) is 90.4 cm³/mol. The fourth-order valence-electron chi connectivity index (χ4n) is 1.49. The van der Waals surface area contributed by atoms with Crippen molar-refractivity contribution in [2.24, 2.45) is 0 Å². The molecular weight excluding hydrogens is 248 g/mol. The van der Waals surface area contributed by atoms with Gasteiger partial charge in [-0.05, 0) is 32.9 Å². The highest BCUT2D eigenvalue weighted by Crippen LogP contribution is 2.09. The SMILES string of the molecule is C=C.CC.CC1(C)NCCN1.COc1ccc(C)cc1. The van der Waals surface area contributed by atoms with Crippen molar-refractivity contribution in [2.45, 2.75) is 40.3 Å². The van der Waals surface area contributed by atoms with Gasteiger partial charge in [-0.15, -0.1) is 13.2 Å². The second-order valence-corrected chi connectivity index (χ2v) is 4.50. The summed E-state index contributed by atoms with van der Waals surface area (Å²) in [4.78, 5) is 0. The molecule has 0 unspecified atom stereocenters. The highest BCUT2D eigenvalue weighted by Gasteiger charge is 2.19. The smallest absolute Gasteiger partial charge is 0.118 e. The van der Waals surface area contributed by atoms with E-state index >= 15 is 0 Å². The van der Waals surface area contributed by atoms with E-state index in [4.69, 9.17) is 4.74 Å². The molecule has 0 aromatic heterocycles. The number of hydrogen-bond acceptors (Lipinski definition) is 3. The summed E-state index contributed by atoms with van der Waals surface area (Å²) < 4.78 is 4.97. The molecule has 1 aliphatic heterocycles. The molecule has 0 radical (unpaired) electrons. The largest absolute Gasteiger partial charge is 0.497 e. The summed E-state index contributed by atoms with van der Waals surface area (Å²) in [5.74, 6) is 0.917. The first-order chi connectivity index (χ1) is 9.53. The molecule has 3 heteroatoms. The van der Waals surface area contributed by atoms with E-state index < -0.39 is 0 Å². The Balaban J connectivity index is 0. The third kappa shape index (κ3) is 10.6. The van der Waals surface area contributed by atoms with Crippen molar-refractivity contribution in [2.75, 3.05) is 20.2 Å². The Bertz CT molecular complexity index is 312. The van der Waals surface area contributed by atoms with E-state index in [1.165, 1.54) is 5.56 Å². The zero-order valence-corrected chi connectivity index (χ0v) is 14.0. The quantitative estimate of drug-likeness (QED) is 0.769. The first-order valence-corrected chi connectivity index (χ1v) is 7.14.